The molecule has 2 N–H and O–H groups in total. The second-order valence-electron chi connectivity index (χ2n) is 8.43. The molecule has 4 aromatic heterocycles. The third-order valence-electron chi connectivity index (χ3n) is 5.58. The van der Waals surface area contributed by atoms with Crippen molar-refractivity contribution in [3.63, 3.8) is 0 Å². The van der Waals surface area contributed by atoms with Crippen LogP contribution in [0.2, 0.25) is 0 Å². The van der Waals surface area contributed by atoms with Gasteiger partial charge in [0.15, 0.2) is 5.65 Å². The topological polar surface area (TPSA) is 106 Å². The number of carbonyl (C=O) groups excluding carboxylic acids is 1. The van der Waals surface area contributed by atoms with E-state index in [1.807, 2.05) is 39.0 Å². The van der Waals surface area contributed by atoms with Crippen molar-refractivity contribution in [3.8, 4) is 11.3 Å². The van der Waals surface area contributed by atoms with E-state index >= 15 is 0 Å². The SMILES string of the molecule is CCCc1cc(C)[nH]c(=O)c1CNC(=O)c1cc(-c2ccncc2)nc2c1cnn2C(C)C. The Bertz CT molecular complexity index is 1350. The van der Waals surface area contributed by atoms with Gasteiger partial charge in [0.1, 0.15) is 0 Å². The van der Waals surface area contributed by atoms with Crippen LogP contribution in [0.5, 0.6) is 0 Å². The van der Waals surface area contributed by atoms with Gasteiger partial charge in [-0.3, -0.25) is 14.6 Å². The van der Waals surface area contributed by atoms with Gasteiger partial charge < -0.3 is 10.3 Å². The van der Waals surface area contributed by atoms with E-state index in [0.29, 0.717) is 27.9 Å². The largest absolute Gasteiger partial charge is 0.348 e. The van der Waals surface area contributed by atoms with Crippen LogP contribution in [0.1, 0.15) is 60.4 Å². The van der Waals surface area contributed by atoms with E-state index in [1.165, 1.54) is 0 Å². The molecule has 1 amide bonds. The molecule has 0 saturated carbocycles. The third-order valence-corrected chi connectivity index (χ3v) is 5.58. The predicted molar refractivity (Wildman–Crippen MR) is 128 cm³/mol. The lowest BCUT2D eigenvalue weighted by atomic mass is 10.0. The number of nitrogens with zero attached hydrogens (tertiary/aromatic N) is 4. The maximum absolute atomic E-state index is 13.3. The average Bonchev–Trinajstić information content (AvgIpc) is 3.23. The summed E-state index contributed by atoms with van der Waals surface area (Å²) >= 11 is 0. The second-order valence-corrected chi connectivity index (χ2v) is 8.43. The summed E-state index contributed by atoms with van der Waals surface area (Å²) in [6.45, 7) is 8.12. The Labute approximate surface area is 192 Å². The van der Waals surface area contributed by atoms with Crippen molar-refractivity contribution in [3.05, 3.63) is 75.6 Å². The molecule has 8 nitrogen and oxygen atoms in total. The number of hydrogen-bond acceptors (Lipinski definition) is 5. The summed E-state index contributed by atoms with van der Waals surface area (Å²) in [6.07, 6.45) is 6.76. The fourth-order valence-corrected chi connectivity index (χ4v) is 3.99. The first-order chi connectivity index (χ1) is 15.9. The van der Waals surface area contributed by atoms with Gasteiger partial charge in [0, 0.05) is 41.8 Å². The van der Waals surface area contributed by atoms with E-state index in [9.17, 15) is 9.59 Å². The lowest BCUT2D eigenvalue weighted by Gasteiger charge is -2.12. The minimum atomic E-state index is -0.275. The number of carbonyl (C=O) groups is 1. The van der Waals surface area contributed by atoms with Crippen molar-refractivity contribution in [2.45, 2.75) is 53.1 Å². The van der Waals surface area contributed by atoms with Gasteiger partial charge in [-0.25, -0.2) is 9.67 Å². The average molecular weight is 445 g/mol. The van der Waals surface area contributed by atoms with E-state index in [2.05, 4.69) is 27.3 Å². The molecule has 0 bridgehead atoms. The summed E-state index contributed by atoms with van der Waals surface area (Å²) in [4.78, 5) is 37.6. The molecule has 0 saturated heterocycles. The van der Waals surface area contributed by atoms with Gasteiger partial charge in [0.25, 0.3) is 11.5 Å². The molecule has 0 atom stereocenters. The summed E-state index contributed by atoms with van der Waals surface area (Å²) in [5.41, 5.74) is 4.84. The first-order valence-corrected chi connectivity index (χ1v) is 11.2. The lowest BCUT2D eigenvalue weighted by molar-refractivity contribution is 0.0952. The first kappa shape index (κ1) is 22.4. The zero-order valence-corrected chi connectivity index (χ0v) is 19.3. The number of pyridine rings is 3. The van der Waals surface area contributed by atoms with Gasteiger partial charge in [0.2, 0.25) is 0 Å². The number of aromatic nitrogens is 5. The quantitative estimate of drug-likeness (QED) is 0.449. The fourth-order valence-electron chi connectivity index (χ4n) is 3.99. The lowest BCUT2D eigenvalue weighted by Crippen LogP contribution is -2.28. The van der Waals surface area contributed by atoms with Gasteiger partial charge in [0.05, 0.1) is 22.8 Å². The number of aryl methyl sites for hydroxylation is 2. The Kier molecular flexibility index (Phi) is 6.35. The Morgan fingerprint density at radius 3 is 2.67 bits per heavy atom. The van der Waals surface area contributed by atoms with E-state index < -0.39 is 0 Å². The summed E-state index contributed by atoms with van der Waals surface area (Å²) < 4.78 is 1.81. The number of amides is 1. The van der Waals surface area contributed by atoms with Crippen LogP contribution in [0.25, 0.3) is 22.3 Å². The van der Waals surface area contributed by atoms with Gasteiger partial charge in [-0.15, -0.1) is 0 Å². The molecule has 33 heavy (non-hydrogen) atoms. The predicted octanol–water partition coefficient (Wildman–Crippen LogP) is 3.95. The van der Waals surface area contributed by atoms with Gasteiger partial charge in [-0.2, -0.15) is 5.10 Å². The van der Waals surface area contributed by atoms with Crippen LogP contribution in [0.15, 0.2) is 47.7 Å². The molecule has 0 aliphatic rings. The van der Waals surface area contributed by atoms with Gasteiger partial charge >= 0.3 is 0 Å². The third kappa shape index (κ3) is 4.55. The highest BCUT2D eigenvalue weighted by Gasteiger charge is 2.19. The molecular formula is C25H28N6O2. The molecular weight excluding hydrogens is 416 g/mol. The van der Waals surface area contributed by atoms with E-state index in [0.717, 1.165) is 29.7 Å². The number of hydrogen-bond donors (Lipinski definition) is 2. The molecule has 0 aliphatic carbocycles. The van der Waals surface area contributed by atoms with Crippen molar-refractivity contribution in [1.82, 2.24) is 30.0 Å². The summed E-state index contributed by atoms with van der Waals surface area (Å²) in [6, 6.07) is 7.54. The standard InChI is InChI=1S/C25H28N6O2/c1-5-6-18-11-16(4)29-25(33)20(18)13-27-24(32)19-12-22(17-7-9-26-10-8-17)30-23-21(19)14-28-31(23)15(2)3/h7-12,14-15H,5-6,13H2,1-4H3,(H,27,32)(H,29,33). The molecule has 170 valence electrons. The molecule has 4 rings (SSSR count). The molecule has 4 heterocycles. The Morgan fingerprint density at radius 2 is 1.97 bits per heavy atom. The number of nitrogens with one attached hydrogen (secondary N) is 2. The minimum absolute atomic E-state index is 0.0846. The Balaban J connectivity index is 1.74. The van der Waals surface area contributed by atoms with Crippen LogP contribution in [-0.2, 0) is 13.0 Å². The van der Waals surface area contributed by atoms with E-state index in [4.69, 9.17) is 4.98 Å². The maximum Gasteiger partial charge on any atom is 0.253 e. The zero-order valence-electron chi connectivity index (χ0n) is 19.3. The summed E-state index contributed by atoms with van der Waals surface area (Å²) in [5.74, 6) is -0.275. The van der Waals surface area contributed by atoms with Crippen LogP contribution in [0, 0.1) is 6.92 Å². The highest BCUT2D eigenvalue weighted by Crippen LogP contribution is 2.26. The molecule has 4 aromatic rings. The molecule has 0 spiro atoms. The Morgan fingerprint density at radius 1 is 1.21 bits per heavy atom. The zero-order chi connectivity index (χ0) is 23.5. The number of fused-ring (bicyclic) bond motifs is 1. The molecule has 8 heteroatoms. The number of rotatable bonds is 7. The normalized spacial score (nSPS) is 11.3. The first-order valence-electron chi connectivity index (χ1n) is 11.2. The van der Waals surface area contributed by atoms with Crippen LogP contribution < -0.4 is 10.9 Å². The molecule has 0 fully saturated rings. The molecule has 0 radical (unpaired) electrons. The Hall–Kier alpha value is -3.81. The van der Waals surface area contributed by atoms with Crippen LogP contribution in [0.3, 0.4) is 0 Å². The van der Waals surface area contributed by atoms with Crippen molar-refractivity contribution >= 4 is 16.9 Å². The smallest absolute Gasteiger partial charge is 0.253 e. The number of aromatic amines is 1. The number of H-pyrrole nitrogens is 1. The van der Waals surface area contributed by atoms with Crippen molar-refractivity contribution in [2.75, 3.05) is 0 Å². The van der Waals surface area contributed by atoms with Gasteiger partial charge in [-0.05, 0) is 57.0 Å². The van der Waals surface area contributed by atoms with Crippen LogP contribution in [-0.4, -0.2) is 30.6 Å². The van der Waals surface area contributed by atoms with Crippen LogP contribution >= 0.6 is 0 Å². The summed E-state index contributed by atoms with van der Waals surface area (Å²) in [5, 5.41) is 8.08. The highest BCUT2D eigenvalue weighted by atomic mass is 16.1. The molecule has 0 aliphatic heterocycles. The second kappa shape index (κ2) is 9.36. The van der Waals surface area contributed by atoms with E-state index in [1.54, 1.807) is 29.3 Å². The minimum Gasteiger partial charge on any atom is -0.348 e. The van der Waals surface area contributed by atoms with Crippen molar-refractivity contribution in [1.29, 1.82) is 0 Å². The molecule has 0 aromatic carbocycles. The monoisotopic (exact) mass is 444 g/mol. The highest BCUT2D eigenvalue weighted by molar-refractivity contribution is 6.06. The van der Waals surface area contributed by atoms with E-state index in [-0.39, 0.29) is 24.1 Å². The molecule has 0 unspecified atom stereocenters. The van der Waals surface area contributed by atoms with Crippen molar-refractivity contribution in [2.24, 2.45) is 0 Å². The van der Waals surface area contributed by atoms with Crippen molar-refractivity contribution < 1.29 is 4.79 Å². The van der Waals surface area contributed by atoms with Crippen LogP contribution in [0.4, 0.5) is 0 Å². The van der Waals surface area contributed by atoms with Gasteiger partial charge in [-0.1, -0.05) is 13.3 Å². The fraction of sp³-hybridized carbons (Fsp3) is 0.320. The summed E-state index contributed by atoms with van der Waals surface area (Å²) in [7, 11) is 0. The maximum atomic E-state index is 13.3.